The van der Waals surface area contributed by atoms with E-state index in [-0.39, 0.29) is 11.9 Å². The molecule has 1 aromatic carbocycles. The number of aliphatic carboxylic acids is 1. The lowest BCUT2D eigenvalue weighted by Crippen LogP contribution is -2.16. The van der Waals surface area contributed by atoms with Gasteiger partial charge in [0.25, 0.3) is 0 Å². The first-order valence-corrected chi connectivity index (χ1v) is 9.84. The fourth-order valence-corrected chi connectivity index (χ4v) is 3.82. The van der Waals surface area contributed by atoms with Crippen molar-refractivity contribution < 1.29 is 23.1 Å². The van der Waals surface area contributed by atoms with E-state index in [1.54, 1.807) is 25.3 Å². The van der Waals surface area contributed by atoms with Crippen LogP contribution in [0.15, 0.2) is 36.7 Å². The summed E-state index contributed by atoms with van der Waals surface area (Å²) in [5, 5.41) is 12.7. The Labute approximate surface area is 174 Å². The van der Waals surface area contributed by atoms with Crippen molar-refractivity contribution in [2.45, 2.75) is 32.9 Å². The molecule has 30 heavy (non-hydrogen) atoms. The summed E-state index contributed by atoms with van der Waals surface area (Å²) in [5.74, 6) is -1.86. The summed E-state index contributed by atoms with van der Waals surface area (Å²) < 4.78 is 38.6. The molecule has 0 saturated carbocycles. The van der Waals surface area contributed by atoms with Crippen molar-refractivity contribution in [1.29, 1.82) is 0 Å². The number of nitrogens with zero attached hydrogens (tertiary/aromatic N) is 3. The van der Waals surface area contributed by atoms with Crippen LogP contribution in [0.4, 0.5) is 24.8 Å². The van der Waals surface area contributed by atoms with Crippen molar-refractivity contribution in [2.24, 2.45) is 5.92 Å². The molecule has 2 atom stereocenters. The van der Waals surface area contributed by atoms with Gasteiger partial charge in [-0.2, -0.15) is 13.2 Å². The van der Waals surface area contributed by atoms with Gasteiger partial charge in [0.05, 0.1) is 15.8 Å². The number of nitrogens with one attached hydrogen (secondary N) is 1. The molecule has 2 N–H and O–H groups in total. The van der Waals surface area contributed by atoms with Crippen LogP contribution in [0.3, 0.4) is 0 Å². The predicted octanol–water partition coefficient (Wildman–Crippen LogP) is 5.50. The van der Waals surface area contributed by atoms with Crippen LogP contribution in [0.5, 0.6) is 0 Å². The van der Waals surface area contributed by atoms with Gasteiger partial charge in [0.2, 0.25) is 5.95 Å². The minimum Gasteiger partial charge on any atom is -0.481 e. The quantitative estimate of drug-likeness (QED) is 0.531. The van der Waals surface area contributed by atoms with Crippen LogP contribution in [0, 0.1) is 12.8 Å². The highest BCUT2D eigenvalue weighted by Crippen LogP contribution is 2.35. The van der Waals surface area contributed by atoms with Crippen LogP contribution in [-0.2, 0) is 11.0 Å². The summed E-state index contributed by atoms with van der Waals surface area (Å²) in [6.45, 7) is 5.31. The van der Waals surface area contributed by atoms with Crippen molar-refractivity contribution in [2.75, 3.05) is 5.32 Å². The van der Waals surface area contributed by atoms with Crippen LogP contribution in [0.25, 0.3) is 10.4 Å². The summed E-state index contributed by atoms with van der Waals surface area (Å²) in [4.78, 5) is 23.8. The first-order chi connectivity index (χ1) is 14.0. The summed E-state index contributed by atoms with van der Waals surface area (Å²) >= 11 is 1.39. The number of halogens is 3. The average Bonchev–Trinajstić information content (AvgIpc) is 3.16. The second kappa shape index (κ2) is 8.39. The zero-order valence-corrected chi connectivity index (χ0v) is 17.2. The fraction of sp³-hybridized carbons (Fsp3) is 0.300. The summed E-state index contributed by atoms with van der Waals surface area (Å²) in [5.41, 5.74) is 1.19. The summed E-state index contributed by atoms with van der Waals surface area (Å²) in [6.07, 6.45) is -1.83. The van der Waals surface area contributed by atoms with Crippen LogP contribution >= 0.6 is 11.3 Å². The number of hydrogen-bond acceptors (Lipinski definition) is 6. The number of alkyl halides is 3. The molecule has 2 heterocycles. The number of anilines is 2. The van der Waals surface area contributed by atoms with E-state index >= 15 is 0 Å². The smallest absolute Gasteiger partial charge is 0.433 e. The Morgan fingerprint density at radius 3 is 2.60 bits per heavy atom. The van der Waals surface area contributed by atoms with Gasteiger partial charge in [0, 0.05) is 24.0 Å². The molecule has 1 unspecified atom stereocenters. The van der Waals surface area contributed by atoms with Crippen LogP contribution < -0.4 is 5.32 Å². The van der Waals surface area contributed by atoms with Gasteiger partial charge >= 0.3 is 12.1 Å². The maximum absolute atomic E-state index is 12.9. The zero-order chi connectivity index (χ0) is 22.1. The van der Waals surface area contributed by atoms with Crippen LogP contribution in [0.1, 0.15) is 36.0 Å². The minimum absolute atomic E-state index is 0.157. The molecule has 3 rings (SSSR count). The lowest BCUT2D eigenvalue weighted by Gasteiger charge is -2.12. The molecule has 6 nitrogen and oxygen atoms in total. The standard InChI is InChI=1S/C20H19F3N4O2S/c1-10-6-13(15-9-25-17(30-15)11(2)12(3)18(28)29)8-14(7-10)26-19-24-5-4-16(27-19)20(21,22)23/h4-9,11-12H,1-3H3,(H,28,29)(H,24,26,27)/t11?,12-/m1/s1. The highest BCUT2D eigenvalue weighted by molar-refractivity contribution is 7.15. The van der Waals surface area contributed by atoms with E-state index in [1.807, 2.05) is 19.9 Å². The van der Waals surface area contributed by atoms with Gasteiger partial charge in [-0.05, 0) is 36.2 Å². The third-order valence-electron chi connectivity index (χ3n) is 4.62. The Kier molecular flexibility index (Phi) is 6.06. The predicted molar refractivity (Wildman–Crippen MR) is 108 cm³/mol. The molecule has 0 spiro atoms. The third kappa shape index (κ3) is 4.93. The molecule has 3 aromatic rings. The number of thiazole rings is 1. The summed E-state index contributed by atoms with van der Waals surface area (Å²) in [6, 6.07) is 6.26. The van der Waals surface area contributed by atoms with Crippen molar-refractivity contribution >= 4 is 28.9 Å². The molecule has 10 heteroatoms. The highest BCUT2D eigenvalue weighted by Gasteiger charge is 2.32. The first kappa shape index (κ1) is 21.7. The molecule has 158 valence electrons. The third-order valence-corrected chi connectivity index (χ3v) is 5.86. The number of aryl methyl sites for hydroxylation is 1. The maximum Gasteiger partial charge on any atom is 0.433 e. The lowest BCUT2D eigenvalue weighted by atomic mass is 9.97. The van der Waals surface area contributed by atoms with E-state index in [9.17, 15) is 23.1 Å². The summed E-state index contributed by atoms with van der Waals surface area (Å²) in [7, 11) is 0. The molecule has 0 fully saturated rings. The number of carbonyl (C=O) groups is 1. The molecule has 0 radical (unpaired) electrons. The van der Waals surface area contributed by atoms with E-state index in [0.29, 0.717) is 10.7 Å². The molecule has 0 aliphatic carbocycles. The highest BCUT2D eigenvalue weighted by atomic mass is 32.1. The second-order valence-corrected chi connectivity index (χ2v) is 8.02. The molecule has 0 aliphatic rings. The molecule has 0 bridgehead atoms. The van der Waals surface area contributed by atoms with Gasteiger partial charge in [-0.1, -0.05) is 19.9 Å². The van der Waals surface area contributed by atoms with Gasteiger partial charge in [-0.25, -0.2) is 15.0 Å². The number of rotatable bonds is 6. The van der Waals surface area contributed by atoms with Crippen molar-refractivity contribution in [3.8, 4) is 10.4 Å². The molecular weight excluding hydrogens is 417 g/mol. The van der Waals surface area contributed by atoms with Gasteiger partial charge in [-0.3, -0.25) is 4.79 Å². The van der Waals surface area contributed by atoms with Gasteiger partial charge < -0.3 is 10.4 Å². The number of benzene rings is 1. The topological polar surface area (TPSA) is 88.0 Å². The first-order valence-electron chi connectivity index (χ1n) is 9.02. The number of hydrogen-bond donors (Lipinski definition) is 2. The van der Waals surface area contributed by atoms with Crippen LogP contribution in [0.2, 0.25) is 0 Å². The van der Waals surface area contributed by atoms with E-state index in [2.05, 4.69) is 20.3 Å². The Bertz CT molecular complexity index is 1070. The molecule has 2 aromatic heterocycles. The van der Waals surface area contributed by atoms with Crippen molar-refractivity contribution in [3.05, 3.63) is 52.9 Å². The number of carboxylic acids is 1. The maximum atomic E-state index is 12.9. The van der Waals surface area contributed by atoms with Crippen molar-refractivity contribution in [1.82, 2.24) is 15.0 Å². The van der Waals surface area contributed by atoms with E-state index in [1.165, 1.54) is 11.3 Å². The molecule has 0 saturated heterocycles. The Hall–Kier alpha value is -3.01. The average molecular weight is 436 g/mol. The monoisotopic (exact) mass is 436 g/mol. The molecular formula is C20H19F3N4O2S. The Balaban J connectivity index is 1.87. The lowest BCUT2D eigenvalue weighted by molar-refractivity contribution is -0.142. The van der Waals surface area contributed by atoms with Crippen LogP contribution in [-0.4, -0.2) is 26.0 Å². The molecule has 0 amide bonds. The van der Waals surface area contributed by atoms with Gasteiger partial charge in [-0.15, -0.1) is 11.3 Å². The zero-order valence-electron chi connectivity index (χ0n) is 16.4. The Morgan fingerprint density at radius 1 is 1.20 bits per heavy atom. The van der Waals surface area contributed by atoms with Gasteiger partial charge in [0.1, 0.15) is 5.69 Å². The fourth-order valence-electron chi connectivity index (χ4n) is 2.76. The SMILES string of the molecule is Cc1cc(Nc2nccc(C(F)(F)F)n2)cc(-c2cnc(C(C)[C@@H](C)C(=O)O)s2)c1. The number of carboxylic acid groups (broad SMARTS) is 1. The minimum atomic E-state index is -4.56. The number of aromatic nitrogens is 3. The van der Waals surface area contributed by atoms with Crippen molar-refractivity contribution in [3.63, 3.8) is 0 Å². The van der Waals surface area contributed by atoms with E-state index in [4.69, 9.17) is 0 Å². The largest absolute Gasteiger partial charge is 0.481 e. The van der Waals surface area contributed by atoms with E-state index in [0.717, 1.165) is 28.3 Å². The normalized spacial score (nSPS) is 13.7. The second-order valence-electron chi connectivity index (χ2n) is 6.95. The van der Waals surface area contributed by atoms with Gasteiger partial charge in [0.15, 0.2) is 0 Å². The Morgan fingerprint density at radius 2 is 1.93 bits per heavy atom. The molecule has 0 aliphatic heterocycles. The van der Waals surface area contributed by atoms with E-state index < -0.39 is 23.8 Å².